The molecule has 0 spiro atoms. The van der Waals surface area contributed by atoms with Crippen LogP contribution >= 0.6 is 11.8 Å². The van der Waals surface area contributed by atoms with E-state index in [1.54, 1.807) is 11.6 Å². The molecule has 25 heavy (non-hydrogen) atoms. The smallest absolute Gasteiger partial charge is 0.191 e. The molecule has 126 valence electrons. The summed E-state index contributed by atoms with van der Waals surface area (Å²) in [5.41, 5.74) is 2.43. The number of rotatable bonds is 5. The van der Waals surface area contributed by atoms with Crippen molar-refractivity contribution in [3.8, 4) is 17.1 Å². The molecule has 0 radical (unpaired) electrons. The molecule has 1 N–H and O–H groups in total. The van der Waals surface area contributed by atoms with Gasteiger partial charge in [0.05, 0.1) is 24.8 Å². The predicted molar refractivity (Wildman–Crippen MR) is 98.1 cm³/mol. The minimum absolute atomic E-state index is 0.0781. The van der Waals surface area contributed by atoms with Crippen molar-refractivity contribution in [1.82, 2.24) is 19.6 Å². The maximum atomic E-state index is 9.15. The molecule has 7 heteroatoms. The van der Waals surface area contributed by atoms with Crippen molar-refractivity contribution in [2.75, 3.05) is 19.5 Å². The average molecular weight is 352 g/mol. The molecule has 0 bridgehead atoms. The summed E-state index contributed by atoms with van der Waals surface area (Å²) in [4.78, 5) is 9.42. The highest BCUT2D eigenvalue weighted by Gasteiger charge is 2.16. The van der Waals surface area contributed by atoms with Gasteiger partial charge in [-0.25, -0.2) is 9.97 Å². The van der Waals surface area contributed by atoms with Gasteiger partial charge in [0.25, 0.3) is 0 Å². The van der Waals surface area contributed by atoms with Crippen LogP contribution in [0.3, 0.4) is 0 Å². The molecule has 0 aliphatic carbocycles. The van der Waals surface area contributed by atoms with E-state index in [-0.39, 0.29) is 6.61 Å². The molecule has 2 heterocycles. The Morgan fingerprint density at radius 3 is 2.72 bits per heavy atom. The molecule has 0 aliphatic heterocycles. The summed E-state index contributed by atoms with van der Waals surface area (Å²) in [6.45, 7) is 0.0781. The summed E-state index contributed by atoms with van der Waals surface area (Å²) < 4.78 is 7.18. The largest absolute Gasteiger partial charge is 0.496 e. The van der Waals surface area contributed by atoms with Crippen molar-refractivity contribution in [3.63, 3.8) is 0 Å². The van der Waals surface area contributed by atoms with Crippen LogP contribution in [0.4, 0.5) is 0 Å². The van der Waals surface area contributed by atoms with E-state index in [1.165, 1.54) is 11.8 Å². The first-order chi connectivity index (χ1) is 12.3. The number of nitrogens with zero attached hydrogens (tertiary/aromatic N) is 4. The van der Waals surface area contributed by atoms with Crippen LogP contribution in [0.5, 0.6) is 5.75 Å². The number of hydrogen-bond donors (Lipinski definition) is 1. The number of para-hydroxylation sites is 2. The number of ether oxygens (including phenoxy) is 1. The van der Waals surface area contributed by atoms with E-state index in [0.717, 1.165) is 27.9 Å². The summed E-state index contributed by atoms with van der Waals surface area (Å²) in [5.74, 6) is 1.85. The van der Waals surface area contributed by atoms with Gasteiger partial charge < -0.3 is 9.84 Å². The van der Waals surface area contributed by atoms with Crippen molar-refractivity contribution in [1.29, 1.82) is 0 Å². The van der Waals surface area contributed by atoms with Gasteiger partial charge >= 0.3 is 0 Å². The lowest BCUT2D eigenvalue weighted by Crippen LogP contribution is -2.00. The third-order valence-corrected chi connectivity index (χ3v) is 4.73. The van der Waals surface area contributed by atoms with Gasteiger partial charge in [-0.2, -0.15) is 4.52 Å². The van der Waals surface area contributed by atoms with Gasteiger partial charge in [-0.1, -0.05) is 36.0 Å². The molecule has 0 fully saturated rings. The number of aliphatic hydroxyl groups excluding tert-OH is 1. The van der Waals surface area contributed by atoms with Crippen molar-refractivity contribution in [2.45, 2.75) is 5.16 Å². The van der Waals surface area contributed by atoms with Crippen LogP contribution in [0.15, 0.2) is 53.7 Å². The van der Waals surface area contributed by atoms with E-state index in [4.69, 9.17) is 14.8 Å². The fraction of sp³-hybridized carbons (Fsp3) is 0.167. The quantitative estimate of drug-likeness (QED) is 0.440. The Labute approximate surface area is 148 Å². The van der Waals surface area contributed by atoms with Crippen molar-refractivity contribution < 1.29 is 9.84 Å². The Balaban J connectivity index is 1.98. The Bertz CT molecular complexity index is 1050. The fourth-order valence-electron chi connectivity index (χ4n) is 2.70. The average Bonchev–Trinajstić information content (AvgIpc) is 3.11. The minimum atomic E-state index is 0.0781. The molecule has 0 aliphatic rings. The van der Waals surface area contributed by atoms with E-state index in [9.17, 15) is 0 Å². The van der Waals surface area contributed by atoms with Gasteiger partial charge in [-0.15, -0.1) is 5.10 Å². The maximum absolute atomic E-state index is 9.15. The molecule has 4 rings (SSSR count). The van der Waals surface area contributed by atoms with E-state index >= 15 is 0 Å². The highest BCUT2D eigenvalue weighted by molar-refractivity contribution is 7.99. The lowest BCUT2D eigenvalue weighted by Gasteiger charge is -2.05. The third-order valence-electron chi connectivity index (χ3n) is 3.82. The SMILES string of the molecule is COc1ccccc1-c1nc2c3ccccc3nc(SCCO)n2n1. The number of benzene rings is 2. The first-order valence-electron chi connectivity index (χ1n) is 7.84. The van der Waals surface area contributed by atoms with Gasteiger partial charge in [0.1, 0.15) is 5.75 Å². The molecule has 0 amide bonds. The second-order valence-corrected chi connectivity index (χ2v) is 6.42. The molecule has 0 unspecified atom stereocenters. The zero-order valence-corrected chi connectivity index (χ0v) is 14.4. The normalized spacial score (nSPS) is 11.3. The van der Waals surface area contributed by atoms with E-state index in [2.05, 4.69) is 10.1 Å². The molecular weight excluding hydrogens is 336 g/mol. The fourth-order valence-corrected chi connectivity index (χ4v) is 3.39. The maximum Gasteiger partial charge on any atom is 0.191 e. The Morgan fingerprint density at radius 1 is 1.08 bits per heavy atom. The van der Waals surface area contributed by atoms with Crippen LogP contribution in [0.1, 0.15) is 0 Å². The topological polar surface area (TPSA) is 72.5 Å². The molecule has 2 aromatic carbocycles. The van der Waals surface area contributed by atoms with Crippen LogP contribution in [0.25, 0.3) is 27.9 Å². The van der Waals surface area contributed by atoms with Crippen LogP contribution in [-0.4, -0.2) is 44.2 Å². The Hall–Kier alpha value is -2.64. The molecule has 6 nitrogen and oxygen atoms in total. The summed E-state index contributed by atoms with van der Waals surface area (Å²) >= 11 is 1.45. The second kappa shape index (κ2) is 6.70. The predicted octanol–water partition coefficient (Wildman–Crippen LogP) is 3.04. The van der Waals surface area contributed by atoms with Crippen LogP contribution in [0.2, 0.25) is 0 Å². The van der Waals surface area contributed by atoms with Gasteiger partial charge in [0, 0.05) is 11.1 Å². The summed E-state index contributed by atoms with van der Waals surface area (Å²) in [5, 5.41) is 15.4. The van der Waals surface area contributed by atoms with Crippen LogP contribution < -0.4 is 4.74 Å². The number of hydrogen-bond acceptors (Lipinski definition) is 6. The van der Waals surface area contributed by atoms with Crippen molar-refractivity contribution >= 4 is 28.3 Å². The van der Waals surface area contributed by atoms with Gasteiger partial charge in [-0.05, 0) is 24.3 Å². The highest BCUT2D eigenvalue weighted by Crippen LogP contribution is 2.30. The zero-order valence-electron chi connectivity index (χ0n) is 13.6. The summed E-state index contributed by atoms with van der Waals surface area (Å²) in [6.07, 6.45) is 0. The zero-order chi connectivity index (χ0) is 17.2. The number of aromatic nitrogens is 4. The lowest BCUT2D eigenvalue weighted by atomic mass is 10.2. The lowest BCUT2D eigenvalue weighted by molar-refractivity contribution is 0.322. The van der Waals surface area contributed by atoms with Gasteiger partial charge in [0.2, 0.25) is 0 Å². The van der Waals surface area contributed by atoms with E-state index in [0.29, 0.717) is 16.7 Å². The molecular formula is C18H16N4O2S. The first kappa shape index (κ1) is 15.9. The highest BCUT2D eigenvalue weighted by atomic mass is 32.2. The minimum Gasteiger partial charge on any atom is -0.496 e. The van der Waals surface area contributed by atoms with Crippen molar-refractivity contribution in [3.05, 3.63) is 48.5 Å². The molecule has 0 saturated heterocycles. The summed E-state index contributed by atoms with van der Waals surface area (Å²) in [7, 11) is 1.63. The molecule has 0 saturated carbocycles. The number of fused-ring (bicyclic) bond motifs is 3. The van der Waals surface area contributed by atoms with Crippen LogP contribution in [0, 0.1) is 0 Å². The van der Waals surface area contributed by atoms with Gasteiger partial charge in [-0.3, -0.25) is 0 Å². The number of methoxy groups -OCH3 is 1. The second-order valence-electron chi connectivity index (χ2n) is 5.35. The first-order valence-corrected chi connectivity index (χ1v) is 8.83. The Morgan fingerprint density at radius 2 is 1.88 bits per heavy atom. The number of thioether (sulfide) groups is 1. The molecule has 2 aromatic heterocycles. The molecule has 0 atom stereocenters. The number of aliphatic hydroxyl groups is 1. The molecule has 4 aromatic rings. The third kappa shape index (κ3) is 2.81. The van der Waals surface area contributed by atoms with Crippen molar-refractivity contribution in [2.24, 2.45) is 0 Å². The van der Waals surface area contributed by atoms with E-state index < -0.39 is 0 Å². The monoisotopic (exact) mass is 352 g/mol. The summed E-state index contributed by atoms with van der Waals surface area (Å²) in [6, 6.07) is 15.5. The van der Waals surface area contributed by atoms with Gasteiger partial charge in [0.15, 0.2) is 16.6 Å². The van der Waals surface area contributed by atoms with Crippen LogP contribution in [-0.2, 0) is 0 Å². The Kier molecular flexibility index (Phi) is 4.25. The van der Waals surface area contributed by atoms with E-state index in [1.807, 2.05) is 48.5 Å². The standard InChI is InChI=1S/C18H16N4O2S/c1-24-15-9-5-3-7-13(15)16-20-17-12-6-2-4-8-14(12)19-18(22(17)21-16)25-11-10-23/h2-9,23H,10-11H2,1H3.